The number of nitriles is 1. The predicted molar refractivity (Wildman–Crippen MR) is 74.8 cm³/mol. The molecule has 0 fully saturated rings. The first kappa shape index (κ1) is 16.5. The van der Waals surface area contributed by atoms with Crippen LogP contribution in [0.1, 0.15) is 45.1 Å². The maximum Gasteiger partial charge on any atom is 0.306 e. The zero-order valence-corrected chi connectivity index (χ0v) is 12.5. The van der Waals surface area contributed by atoms with Gasteiger partial charge in [-0.2, -0.15) is 5.26 Å². The molecular formula is C15H17ClFNO2. The maximum absolute atomic E-state index is 13.7. The molecule has 0 spiro atoms. The fourth-order valence-corrected chi connectivity index (χ4v) is 2.07. The molecule has 1 unspecified atom stereocenters. The van der Waals surface area contributed by atoms with Gasteiger partial charge in [-0.1, -0.05) is 17.7 Å². The molecule has 20 heavy (non-hydrogen) atoms. The Morgan fingerprint density at radius 1 is 1.50 bits per heavy atom. The summed E-state index contributed by atoms with van der Waals surface area (Å²) >= 11 is 5.92. The second kappa shape index (κ2) is 6.71. The van der Waals surface area contributed by atoms with Gasteiger partial charge < -0.3 is 4.74 Å². The van der Waals surface area contributed by atoms with Gasteiger partial charge in [-0.15, -0.1) is 0 Å². The smallest absolute Gasteiger partial charge is 0.306 e. The van der Waals surface area contributed by atoms with Crippen LogP contribution >= 0.6 is 11.6 Å². The second-order valence-electron chi connectivity index (χ2n) is 5.44. The Labute approximate surface area is 123 Å². The van der Waals surface area contributed by atoms with Gasteiger partial charge in [-0.25, -0.2) is 4.39 Å². The lowest BCUT2D eigenvalue weighted by Crippen LogP contribution is -2.24. The fraction of sp³-hybridized carbons (Fsp3) is 0.467. The van der Waals surface area contributed by atoms with Crippen molar-refractivity contribution in [1.29, 1.82) is 5.26 Å². The molecule has 0 aliphatic rings. The van der Waals surface area contributed by atoms with Crippen LogP contribution in [-0.4, -0.2) is 11.6 Å². The molecule has 0 saturated heterocycles. The first-order valence-corrected chi connectivity index (χ1v) is 6.68. The van der Waals surface area contributed by atoms with E-state index in [1.165, 1.54) is 18.2 Å². The van der Waals surface area contributed by atoms with Gasteiger partial charge in [0.05, 0.1) is 12.0 Å². The van der Waals surface area contributed by atoms with Crippen molar-refractivity contribution in [2.45, 2.75) is 45.1 Å². The highest BCUT2D eigenvalue weighted by Crippen LogP contribution is 2.30. The third-order valence-corrected chi connectivity index (χ3v) is 2.89. The van der Waals surface area contributed by atoms with E-state index in [1.54, 1.807) is 20.8 Å². The van der Waals surface area contributed by atoms with Crippen molar-refractivity contribution in [3.63, 3.8) is 0 Å². The molecular weight excluding hydrogens is 281 g/mol. The monoisotopic (exact) mass is 297 g/mol. The third kappa shape index (κ3) is 4.82. The summed E-state index contributed by atoms with van der Waals surface area (Å²) in [5.74, 6) is -1.71. The topological polar surface area (TPSA) is 50.1 Å². The molecule has 108 valence electrons. The molecule has 5 heteroatoms. The lowest BCUT2D eigenvalue weighted by Gasteiger charge is -2.20. The van der Waals surface area contributed by atoms with E-state index in [1.807, 2.05) is 6.07 Å². The molecule has 0 radical (unpaired) electrons. The summed E-state index contributed by atoms with van der Waals surface area (Å²) in [6.45, 7) is 5.29. The molecule has 0 aliphatic heterocycles. The van der Waals surface area contributed by atoms with Crippen LogP contribution in [0.2, 0.25) is 5.02 Å². The van der Waals surface area contributed by atoms with E-state index >= 15 is 0 Å². The van der Waals surface area contributed by atoms with E-state index in [4.69, 9.17) is 21.6 Å². The Bertz CT molecular complexity index is 511. The Morgan fingerprint density at radius 2 is 2.15 bits per heavy atom. The van der Waals surface area contributed by atoms with Gasteiger partial charge in [0.2, 0.25) is 0 Å². The molecule has 1 aromatic rings. The van der Waals surface area contributed by atoms with Crippen molar-refractivity contribution >= 4 is 17.6 Å². The van der Waals surface area contributed by atoms with Gasteiger partial charge in [0.1, 0.15) is 11.4 Å². The minimum Gasteiger partial charge on any atom is -0.460 e. The summed E-state index contributed by atoms with van der Waals surface area (Å²) in [4.78, 5) is 11.6. The predicted octanol–water partition coefficient (Wildman–Crippen LogP) is 4.21. The van der Waals surface area contributed by atoms with E-state index in [2.05, 4.69) is 0 Å². The van der Waals surface area contributed by atoms with Crippen LogP contribution in [-0.2, 0) is 9.53 Å². The molecule has 0 N–H and O–H groups in total. The highest BCUT2D eigenvalue weighted by atomic mass is 35.5. The van der Waals surface area contributed by atoms with Gasteiger partial charge in [-0.3, -0.25) is 4.79 Å². The molecule has 1 rings (SSSR count). The average molecular weight is 298 g/mol. The van der Waals surface area contributed by atoms with E-state index in [-0.39, 0.29) is 23.4 Å². The standard InChI is InChI=1S/C15H17ClFNO2/c1-15(2,3)20-13(19)8-7-10(9-18)14-11(16)5-4-6-12(14)17/h4-6,10H,7-8H2,1-3H3. The molecule has 0 aromatic heterocycles. The molecule has 0 amide bonds. The first-order chi connectivity index (χ1) is 9.24. The van der Waals surface area contributed by atoms with Crippen LogP contribution in [0.3, 0.4) is 0 Å². The lowest BCUT2D eigenvalue weighted by atomic mass is 9.95. The van der Waals surface area contributed by atoms with Crippen LogP contribution in [0, 0.1) is 17.1 Å². The summed E-state index contributed by atoms with van der Waals surface area (Å²) in [7, 11) is 0. The number of halogens is 2. The number of benzene rings is 1. The van der Waals surface area contributed by atoms with Crippen molar-refractivity contribution in [1.82, 2.24) is 0 Å². The Hall–Kier alpha value is -1.60. The summed E-state index contributed by atoms with van der Waals surface area (Å²) in [6, 6.07) is 6.24. The van der Waals surface area contributed by atoms with Gasteiger partial charge in [-0.05, 0) is 39.3 Å². The van der Waals surface area contributed by atoms with Gasteiger partial charge in [0, 0.05) is 17.0 Å². The molecule has 0 heterocycles. The van der Waals surface area contributed by atoms with E-state index < -0.39 is 23.3 Å². The van der Waals surface area contributed by atoms with E-state index in [9.17, 15) is 9.18 Å². The second-order valence-corrected chi connectivity index (χ2v) is 5.85. The van der Waals surface area contributed by atoms with Crippen LogP contribution in [0.15, 0.2) is 18.2 Å². The molecule has 0 saturated carbocycles. The summed E-state index contributed by atoms with van der Waals surface area (Å²) in [5.41, 5.74) is -0.435. The number of ether oxygens (including phenoxy) is 1. The zero-order valence-electron chi connectivity index (χ0n) is 11.7. The van der Waals surface area contributed by atoms with Crippen molar-refractivity contribution < 1.29 is 13.9 Å². The lowest BCUT2D eigenvalue weighted by molar-refractivity contribution is -0.154. The number of carbonyl (C=O) groups is 1. The van der Waals surface area contributed by atoms with Crippen molar-refractivity contribution in [3.8, 4) is 6.07 Å². The summed E-state index contributed by atoms with van der Waals surface area (Å²) in [5, 5.41) is 9.34. The number of rotatable bonds is 4. The van der Waals surface area contributed by atoms with Crippen molar-refractivity contribution in [2.24, 2.45) is 0 Å². The Morgan fingerprint density at radius 3 is 2.65 bits per heavy atom. The van der Waals surface area contributed by atoms with Gasteiger partial charge in [0.25, 0.3) is 0 Å². The van der Waals surface area contributed by atoms with E-state index in [0.717, 1.165) is 0 Å². The minimum atomic E-state index is -0.767. The van der Waals surface area contributed by atoms with Crippen LogP contribution in [0.25, 0.3) is 0 Å². The third-order valence-electron chi connectivity index (χ3n) is 2.56. The van der Waals surface area contributed by atoms with Gasteiger partial charge in [0.15, 0.2) is 0 Å². The number of nitrogens with zero attached hydrogens (tertiary/aromatic N) is 1. The fourth-order valence-electron chi connectivity index (χ4n) is 1.77. The van der Waals surface area contributed by atoms with Crippen molar-refractivity contribution in [2.75, 3.05) is 0 Å². The van der Waals surface area contributed by atoms with Crippen molar-refractivity contribution in [3.05, 3.63) is 34.6 Å². The van der Waals surface area contributed by atoms with Crippen LogP contribution in [0.4, 0.5) is 4.39 Å². The zero-order chi connectivity index (χ0) is 15.3. The number of esters is 1. The SMILES string of the molecule is CC(C)(C)OC(=O)CCC(C#N)c1c(F)cccc1Cl. The molecule has 0 aliphatic carbocycles. The average Bonchev–Trinajstić information content (AvgIpc) is 2.30. The Balaban J connectivity index is 2.75. The normalized spacial score (nSPS) is 12.6. The highest BCUT2D eigenvalue weighted by molar-refractivity contribution is 6.31. The largest absolute Gasteiger partial charge is 0.460 e. The molecule has 0 bridgehead atoms. The molecule has 1 atom stereocenters. The molecule has 1 aromatic carbocycles. The van der Waals surface area contributed by atoms with Crippen LogP contribution < -0.4 is 0 Å². The number of hydrogen-bond acceptors (Lipinski definition) is 3. The molecule has 3 nitrogen and oxygen atoms in total. The Kier molecular flexibility index (Phi) is 5.52. The first-order valence-electron chi connectivity index (χ1n) is 6.30. The van der Waals surface area contributed by atoms with Crippen LogP contribution in [0.5, 0.6) is 0 Å². The minimum absolute atomic E-state index is 0.0418. The summed E-state index contributed by atoms with van der Waals surface area (Å²) < 4.78 is 18.9. The maximum atomic E-state index is 13.7. The highest BCUT2D eigenvalue weighted by Gasteiger charge is 2.22. The number of hydrogen-bond donors (Lipinski definition) is 0. The number of carbonyl (C=O) groups excluding carboxylic acids is 1. The summed E-state index contributed by atoms with van der Waals surface area (Å²) in [6.07, 6.45) is 0.215. The quantitative estimate of drug-likeness (QED) is 0.782. The van der Waals surface area contributed by atoms with E-state index in [0.29, 0.717) is 0 Å². The van der Waals surface area contributed by atoms with Gasteiger partial charge >= 0.3 is 5.97 Å².